The first-order valence-electron chi connectivity index (χ1n) is 8.82. The summed E-state index contributed by atoms with van der Waals surface area (Å²) in [5.74, 6) is 0.446. The van der Waals surface area contributed by atoms with E-state index >= 15 is 0 Å². The lowest BCUT2D eigenvalue weighted by Crippen LogP contribution is -2.37. The van der Waals surface area contributed by atoms with Gasteiger partial charge in [-0.3, -0.25) is 4.98 Å². The van der Waals surface area contributed by atoms with Gasteiger partial charge in [0.05, 0.1) is 16.8 Å². The first-order valence-corrected chi connectivity index (χ1v) is 9.63. The molecule has 1 atom stereocenters. The van der Waals surface area contributed by atoms with Crippen molar-refractivity contribution < 1.29 is 14.2 Å². The second-order valence-electron chi connectivity index (χ2n) is 6.63. The molecule has 3 aromatic rings. The average molecular weight is 372 g/mol. The van der Waals surface area contributed by atoms with Crippen molar-refractivity contribution in [2.45, 2.75) is 32.5 Å². The molecular formula is C20H21FN2O2S. The van der Waals surface area contributed by atoms with Crippen molar-refractivity contribution in [1.82, 2.24) is 10.3 Å². The molecule has 0 unspecified atom stereocenters. The summed E-state index contributed by atoms with van der Waals surface area (Å²) >= 11 is 1.48. The van der Waals surface area contributed by atoms with Gasteiger partial charge < -0.3 is 15.2 Å². The van der Waals surface area contributed by atoms with Crippen LogP contribution in [0.3, 0.4) is 0 Å². The van der Waals surface area contributed by atoms with Crippen molar-refractivity contribution in [2.75, 3.05) is 13.1 Å². The molecule has 0 bridgehead atoms. The highest BCUT2D eigenvalue weighted by molar-refractivity contribution is 7.19. The summed E-state index contributed by atoms with van der Waals surface area (Å²) in [6.07, 6.45) is 3.87. The van der Waals surface area contributed by atoms with Crippen molar-refractivity contribution in [3.63, 3.8) is 0 Å². The van der Waals surface area contributed by atoms with Crippen LogP contribution in [-0.4, -0.2) is 29.3 Å². The molecule has 6 heteroatoms. The van der Waals surface area contributed by atoms with Crippen LogP contribution < -0.4 is 10.1 Å². The second kappa shape index (κ2) is 7.31. The zero-order valence-corrected chi connectivity index (χ0v) is 15.4. The Morgan fingerprint density at radius 1 is 1.35 bits per heavy atom. The molecule has 1 aliphatic heterocycles. The van der Waals surface area contributed by atoms with Crippen LogP contribution in [0.4, 0.5) is 4.39 Å². The van der Waals surface area contributed by atoms with Crippen molar-refractivity contribution in [3.05, 3.63) is 46.7 Å². The summed E-state index contributed by atoms with van der Waals surface area (Å²) in [5.41, 5.74) is 3.23. The first-order chi connectivity index (χ1) is 12.7. The maximum atomic E-state index is 14.2. The molecule has 0 amide bonds. The van der Waals surface area contributed by atoms with E-state index in [0.29, 0.717) is 0 Å². The maximum absolute atomic E-state index is 14.2. The van der Waals surface area contributed by atoms with Gasteiger partial charge in [-0.25, -0.2) is 4.39 Å². The molecule has 0 saturated carbocycles. The molecule has 1 aliphatic rings. The standard InChI is InChI=1S/C20H21FN2O2S/c1-12-7-13(21)8-17(19(12)25-14-3-2-5-22-10-14)16-4-6-23-18-9-15(11-24)26-20(16)18/h4,6-9,14,22,24H,2-3,5,10-11H2,1H3/t14-/m0/s1. The lowest BCUT2D eigenvalue weighted by molar-refractivity contribution is 0.166. The Kier molecular flexibility index (Phi) is 4.89. The van der Waals surface area contributed by atoms with E-state index in [1.807, 2.05) is 19.1 Å². The third-order valence-electron chi connectivity index (χ3n) is 4.68. The van der Waals surface area contributed by atoms with Crippen molar-refractivity contribution in [2.24, 2.45) is 0 Å². The van der Waals surface area contributed by atoms with Crippen LogP contribution in [0, 0.1) is 12.7 Å². The molecule has 0 spiro atoms. The summed E-state index contributed by atoms with van der Waals surface area (Å²) in [6, 6.07) is 6.81. The summed E-state index contributed by atoms with van der Waals surface area (Å²) in [7, 11) is 0. The Morgan fingerprint density at radius 3 is 3.00 bits per heavy atom. The van der Waals surface area contributed by atoms with Gasteiger partial charge in [0.15, 0.2) is 0 Å². The number of aromatic nitrogens is 1. The molecule has 0 aliphatic carbocycles. The normalized spacial score (nSPS) is 17.6. The van der Waals surface area contributed by atoms with E-state index in [4.69, 9.17) is 4.74 Å². The van der Waals surface area contributed by atoms with Crippen LogP contribution in [0.2, 0.25) is 0 Å². The minimum absolute atomic E-state index is 0.0280. The molecule has 2 N–H and O–H groups in total. The van der Waals surface area contributed by atoms with E-state index in [1.165, 1.54) is 23.5 Å². The van der Waals surface area contributed by atoms with Gasteiger partial charge in [-0.05, 0) is 56.1 Å². The Bertz CT molecular complexity index is 935. The van der Waals surface area contributed by atoms with Gasteiger partial charge in [-0.2, -0.15) is 0 Å². The van der Waals surface area contributed by atoms with Gasteiger partial charge in [0.2, 0.25) is 0 Å². The van der Waals surface area contributed by atoms with Crippen molar-refractivity contribution in [3.8, 4) is 16.9 Å². The largest absolute Gasteiger partial charge is 0.488 e. The first kappa shape index (κ1) is 17.4. The fourth-order valence-corrected chi connectivity index (χ4v) is 4.45. The topological polar surface area (TPSA) is 54.4 Å². The zero-order valence-electron chi connectivity index (χ0n) is 14.6. The smallest absolute Gasteiger partial charge is 0.130 e. The predicted octanol–water partition coefficient (Wildman–Crippen LogP) is 4.03. The summed E-state index contributed by atoms with van der Waals surface area (Å²) < 4.78 is 21.5. The number of piperidine rings is 1. The number of nitrogens with zero attached hydrogens (tertiary/aromatic N) is 1. The molecule has 1 fully saturated rings. The van der Waals surface area contributed by atoms with Crippen molar-refractivity contribution in [1.29, 1.82) is 0 Å². The van der Waals surface area contributed by atoms with Crippen LogP contribution in [0.25, 0.3) is 21.3 Å². The number of fused-ring (bicyclic) bond motifs is 1. The predicted molar refractivity (Wildman–Crippen MR) is 102 cm³/mol. The van der Waals surface area contributed by atoms with Gasteiger partial charge in [0, 0.05) is 28.7 Å². The van der Waals surface area contributed by atoms with E-state index in [0.717, 1.165) is 63.5 Å². The molecule has 1 saturated heterocycles. The molecule has 4 nitrogen and oxygen atoms in total. The van der Waals surface area contributed by atoms with Crippen LogP contribution >= 0.6 is 11.3 Å². The third kappa shape index (κ3) is 3.32. The Balaban J connectivity index is 1.84. The van der Waals surface area contributed by atoms with E-state index in [9.17, 15) is 9.50 Å². The summed E-state index contributed by atoms with van der Waals surface area (Å²) in [6.45, 7) is 3.67. The Morgan fingerprint density at radius 2 is 2.23 bits per heavy atom. The number of benzene rings is 1. The quantitative estimate of drug-likeness (QED) is 0.726. The number of hydrogen-bond acceptors (Lipinski definition) is 5. The highest BCUT2D eigenvalue weighted by atomic mass is 32.1. The van der Waals surface area contributed by atoms with Crippen LogP contribution in [-0.2, 0) is 6.61 Å². The maximum Gasteiger partial charge on any atom is 0.130 e. The third-order valence-corrected chi connectivity index (χ3v) is 5.83. The molecule has 26 heavy (non-hydrogen) atoms. The molecule has 4 rings (SSSR count). The molecule has 136 valence electrons. The summed E-state index contributed by atoms with van der Waals surface area (Å²) in [5, 5.41) is 12.8. The van der Waals surface area contributed by atoms with Crippen molar-refractivity contribution >= 4 is 21.6 Å². The monoisotopic (exact) mass is 372 g/mol. The van der Waals surface area contributed by atoms with Gasteiger partial charge >= 0.3 is 0 Å². The fraction of sp³-hybridized carbons (Fsp3) is 0.350. The average Bonchev–Trinajstić information content (AvgIpc) is 3.08. The Hall–Kier alpha value is -2.02. The number of hydrogen-bond donors (Lipinski definition) is 2. The number of pyridine rings is 1. The number of nitrogens with one attached hydrogen (secondary N) is 1. The highest BCUT2D eigenvalue weighted by Crippen LogP contribution is 2.40. The van der Waals surface area contributed by atoms with E-state index in [1.54, 1.807) is 6.20 Å². The molecule has 0 radical (unpaired) electrons. The fourth-order valence-electron chi connectivity index (χ4n) is 3.45. The van der Waals surface area contributed by atoms with Gasteiger partial charge in [0.1, 0.15) is 17.7 Å². The van der Waals surface area contributed by atoms with Crippen LogP contribution in [0.1, 0.15) is 23.3 Å². The number of thiophene rings is 1. The molecular weight excluding hydrogens is 351 g/mol. The number of halogens is 1. The number of ether oxygens (including phenoxy) is 1. The van der Waals surface area contributed by atoms with Gasteiger partial charge in [0.25, 0.3) is 0 Å². The molecule has 2 aromatic heterocycles. The van der Waals surface area contributed by atoms with Crippen LogP contribution in [0.15, 0.2) is 30.5 Å². The number of aryl methyl sites for hydroxylation is 1. The van der Waals surface area contributed by atoms with E-state index < -0.39 is 0 Å². The molecule has 3 heterocycles. The zero-order chi connectivity index (χ0) is 18.1. The number of aliphatic hydroxyl groups excluding tert-OH is 1. The number of aliphatic hydroxyl groups is 1. The van der Waals surface area contributed by atoms with Gasteiger partial charge in [-0.15, -0.1) is 11.3 Å². The van der Waals surface area contributed by atoms with Gasteiger partial charge in [-0.1, -0.05) is 0 Å². The SMILES string of the molecule is Cc1cc(F)cc(-c2ccnc3cc(CO)sc23)c1O[C@H]1CCCNC1. The number of rotatable bonds is 4. The second-order valence-corrected chi connectivity index (χ2v) is 7.77. The Labute approximate surface area is 155 Å². The summed E-state index contributed by atoms with van der Waals surface area (Å²) in [4.78, 5) is 5.22. The lowest BCUT2D eigenvalue weighted by Gasteiger charge is -2.26. The van der Waals surface area contributed by atoms with Crippen LogP contribution in [0.5, 0.6) is 5.75 Å². The van der Waals surface area contributed by atoms with E-state index in [2.05, 4.69) is 10.3 Å². The minimum Gasteiger partial charge on any atom is -0.488 e. The van der Waals surface area contributed by atoms with E-state index in [-0.39, 0.29) is 18.5 Å². The minimum atomic E-state index is -0.282. The highest BCUT2D eigenvalue weighted by Gasteiger charge is 2.21. The molecule has 1 aromatic carbocycles. The lowest BCUT2D eigenvalue weighted by atomic mass is 10.0.